The molecule has 0 amide bonds. The third-order valence-electron chi connectivity index (χ3n) is 6.67. The normalized spacial score (nSPS) is 12.9. The molecule has 3 heterocycles. The van der Waals surface area contributed by atoms with Crippen LogP contribution in [0.2, 0.25) is 0 Å². The van der Waals surface area contributed by atoms with E-state index in [1.165, 1.54) is 16.3 Å². The van der Waals surface area contributed by atoms with Gasteiger partial charge in [0.25, 0.3) is 0 Å². The molecule has 0 N–H and O–H groups in total. The fourth-order valence-electron chi connectivity index (χ4n) is 4.74. The number of nitrogens with zero attached hydrogens (tertiary/aromatic N) is 1. The number of aryl methyl sites for hydroxylation is 1. The van der Waals surface area contributed by atoms with Gasteiger partial charge in [-0.15, -0.1) is 0 Å². The van der Waals surface area contributed by atoms with E-state index in [-0.39, 0.29) is 6.10 Å². The molecule has 0 radical (unpaired) electrons. The molecule has 188 valence electrons. The number of benzene rings is 3. The molecule has 0 bridgehead atoms. The van der Waals surface area contributed by atoms with Crippen LogP contribution < -0.4 is 11.0 Å². The number of rotatable bonds is 9. The van der Waals surface area contributed by atoms with Crippen LogP contribution in [0.5, 0.6) is 0 Å². The fraction of sp³-hybridized carbons (Fsp3) is 0.121. The number of para-hydroxylation sites is 1. The third-order valence-corrected chi connectivity index (χ3v) is 8.46. The van der Waals surface area contributed by atoms with Gasteiger partial charge in [-0.2, -0.15) is 0 Å². The number of aromatic nitrogens is 1. The second-order valence-corrected chi connectivity index (χ2v) is 10.9. The van der Waals surface area contributed by atoms with Crippen molar-refractivity contribution in [1.29, 1.82) is 0 Å². The maximum atomic E-state index is 6.83. The lowest BCUT2D eigenvalue weighted by molar-refractivity contribution is 0.269. The zero-order valence-electron chi connectivity index (χ0n) is 21.2. The van der Waals surface area contributed by atoms with E-state index in [0.717, 1.165) is 46.0 Å². The van der Waals surface area contributed by atoms with Crippen LogP contribution in [0.4, 0.5) is 0 Å². The van der Waals surface area contributed by atoms with E-state index >= 15 is 0 Å². The first-order valence-corrected chi connectivity index (χ1v) is 14.1. The lowest BCUT2D eigenvalue weighted by Crippen LogP contribution is -2.18. The highest BCUT2D eigenvalue weighted by molar-refractivity contribution is 7.67. The molecule has 0 aliphatic carbocycles. The Labute approximate surface area is 223 Å². The van der Waals surface area contributed by atoms with Crippen molar-refractivity contribution >= 4 is 46.4 Å². The summed E-state index contributed by atoms with van der Waals surface area (Å²) in [5.74, 6) is 0. The van der Waals surface area contributed by atoms with Crippen LogP contribution in [0, 0.1) is 0 Å². The molecule has 0 aliphatic heterocycles. The highest BCUT2D eigenvalue weighted by Gasteiger charge is 2.25. The van der Waals surface area contributed by atoms with Crippen LogP contribution in [-0.4, -0.2) is 11.1 Å². The third kappa shape index (κ3) is 5.33. The highest BCUT2D eigenvalue weighted by atomic mass is 31.1. The Morgan fingerprint density at radius 1 is 0.789 bits per heavy atom. The molecule has 1 unspecified atom stereocenters. The molecule has 0 saturated carbocycles. The first-order valence-electron chi connectivity index (χ1n) is 12.8. The van der Waals surface area contributed by atoms with Crippen molar-refractivity contribution in [3.8, 4) is 0 Å². The Bertz CT molecular complexity index is 1630. The molecule has 1 atom stereocenters. The highest BCUT2D eigenvalue weighted by Crippen LogP contribution is 2.39. The molecular weight excluding hydrogens is 489 g/mol. The molecule has 5 heteroatoms. The van der Waals surface area contributed by atoms with Gasteiger partial charge in [-0.3, -0.25) is 0 Å². The smallest absolute Gasteiger partial charge is 0.167 e. The molecule has 0 saturated heterocycles. The number of furan rings is 2. The second-order valence-electron chi connectivity index (χ2n) is 9.26. The van der Waals surface area contributed by atoms with Crippen LogP contribution in [0.15, 0.2) is 131 Å². The second kappa shape index (κ2) is 11.2. The van der Waals surface area contributed by atoms with Gasteiger partial charge in [-0.05, 0) is 78.1 Å². The summed E-state index contributed by atoms with van der Waals surface area (Å²) in [6.45, 7) is 2.10. The number of fused-ring (bicyclic) bond motifs is 2. The van der Waals surface area contributed by atoms with Crippen LogP contribution in [-0.2, 0) is 10.9 Å². The summed E-state index contributed by atoms with van der Waals surface area (Å²) in [7, 11) is -1.26. The van der Waals surface area contributed by atoms with Crippen molar-refractivity contribution in [2.45, 2.75) is 25.9 Å². The largest absolute Gasteiger partial charge is 0.462 e. The van der Waals surface area contributed by atoms with Crippen molar-refractivity contribution in [2.75, 3.05) is 0 Å². The van der Waals surface area contributed by atoms with Gasteiger partial charge < -0.3 is 13.4 Å². The Kier molecular flexibility index (Phi) is 7.17. The topological polar surface area (TPSA) is 48.4 Å². The lowest BCUT2D eigenvalue weighted by atomic mass is 9.98. The molecule has 0 fully saturated rings. The molecule has 3 aromatic carbocycles. The van der Waals surface area contributed by atoms with Gasteiger partial charge in [0.1, 0.15) is 0 Å². The Balaban J connectivity index is 1.34. The summed E-state index contributed by atoms with van der Waals surface area (Å²) in [5.41, 5.74) is 5.88. The van der Waals surface area contributed by atoms with Crippen LogP contribution >= 0.6 is 8.15 Å². The van der Waals surface area contributed by atoms with E-state index in [2.05, 4.69) is 73.7 Å². The van der Waals surface area contributed by atoms with Crippen LogP contribution in [0.3, 0.4) is 0 Å². The molecule has 0 aliphatic rings. The number of hydrogen-bond acceptors (Lipinski definition) is 4. The summed E-state index contributed by atoms with van der Waals surface area (Å²) in [6.07, 6.45) is 7.07. The Hall–Kier alpha value is -3.98. The summed E-state index contributed by atoms with van der Waals surface area (Å²) in [4.78, 5) is 4.91. The number of allylic oxidation sites excluding steroid dienone is 1. The molecule has 0 spiro atoms. The average Bonchev–Trinajstić information content (AvgIpc) is 3.69. The summed E-state index contributed by atoms with van der Waals surface area (Å²) in [5, 5.41) is 3.67. The van der Waals surface area contributed by atoms with Gasteiger partial charge in [0.05, 0.1) is 29.8 Å². The summed E-state index contributed by atoms with van der Waals surface area (Å²) in [6, 6.07) is 35.1. The van der Waals surface area contributed by atoms with Crippen molar-refractivity contribution < 1.29 is 13.4 Å². The maximum Gasteiger partial charge on any atom is 0.167 e. The Morgan fingerprint density at radius 3 is 2.26 bits per heavy atom. The standard InChI is InChI=1S/C33H28NO3P/c1-24(30-20-18-27-10-3-5-14-31(27)34-30)23-28(19-17-26-12-6-11-25-9-2-4-13-29(25)26)37-38(32-15-7-21-35-32)33-16-8-22-36-33/h2-16,18,20-23,28H,17,19H2,1H3/b24-23+. The molecule has 3 aromatic heterocycles. The SMILES string of the molecule is C/C(=C\C(CCc1cccc2ccccc12)OP(c1ccco1)c1ccco1)c1ccc2ccccc2n1. The minimum absolute atomic E-state index is 0.177. The van der Waals surface area contributed by atoms with Crippen molar-refractivity contribution in [2.24, 2.45) is 0 Å². The first-order chi connectivity index (χ1) is 18.7. The quantitative estimate of drug-likeness (QED) is 0.182. The Morgan fingerprint density at radius 2 is 1.50 bits per heavy atom. The van der Waals surface area contributed by atoms with Gasteiger partial charge in [-0.1, -0.05) is 72.8 Å². The molecule has 38 heavy (non-hydrogen) atoms. The average molecular weight is 518 g/mol. The van der Waals surface area contributed by atoms with E-state index in [1.807, 2.05) is 42.5 Å². The predicted octanol–water partition coefficient (Wildman–Crippen LogP) is 8.04. The molecule has 6 rings (SSSR count). The number of pyridine rings is 1. The fourth-order valence-corrected chi connectivity index (χ4v) is 6.36. The van der Waals surface area contributed by atoms with Crippen LogP contribution in [0.1, 0.15) is 24.6 Å². The van der Waals surface area contributed by atoms with Crippen LogP contribution in [0.25, 0.3) is 27.2 Å². The van der Waals surface area contributed by atoms with Gasteiger partial charge in [0.2, 0.25) is 0 Å². The van der Waals surface area contributed by atoms with E-state index in [4.69, 9.17) is 18.3 Å². The number of hydrogen-bond donors (Lipinski definition) is 0. The van der Waals surface area contributed by atoms with Gasteiger partial charge in [0.15, 0.2) is 19.2 Å². The zero-order chi connectivity index (χ0) is 25.7. The van der Waals surface area contributed by atoms with E-state index < -0.39 is 8.15 Å². The van der Waals surface area contributed by atoms with Gasteiger partial charge in [-0.25, -0.2) is 4.98 Å². The van der Waals surface area contributed by atoms with E-state index in [0.29, 0.717) is 0 Å². The summed E-state index contributed by atoms with van der Waals surface area (Å²) >= 11 is 0. The molecular formula is C33H28NO3P. The minimum Gasteiger partial charge on any atom is -0.462 e. The minimum atomic E-state index is -1.26. The van der Waals surface area contributed by atoms with Gasteiger partial charge >= 0.3 is 0 Å². The maximum absolute atomic E-state index is 6.83. The van der Waals surface area contributed by atoms with E-state index in [1.54, 1.807) is 12.5 Å². The van der Waals surface area contributed by atoms with Crippen molar-refractivity contribution in [3.05, 3.63) is 133 Å². The van der Waals surface area contributed by atoms with E-state index in [9.17, 15) is 0 Å². The first kappa shape index (κ1) is 24.4. The lowest BCUT2D eigenvalue weighted by Gasteiger charge is -2.21. The van der Waals surface area contributed by atoms with Crippen molar-refractivity contribution in [1.82, 2.24) is 4.98 Å². The summed E-state index contributed by atoms with van der Waals surface area (Å²) < 4.78 is 18.4. The predicted molar refractivity (Wildman–Crippen MR) is 156 cm³/mol. The molecule has 4 nitrogen and oxygen atoms in total. The zero-order valence-corrected chi connectivity index (χ0v) is 22.1. The van der Waals surface area contributed by atoms with Gasteiger partial charge in [0, 0.05) is 5.39 Å². The molecule has 6 aromatic rings. The monoisotopic (exact) mass is 517 g/mol. The van der Waals surface area contributed by atoms with Crippen molar-refractivity contribution in [3.63, 3.8) is 0 Å².